The van der Waals surface area contributed by atoms with Crippen molar-refractivity contribution in [3.8, 4) is 30.8 Å². The van der Waals surface area contributed by atoms with Crippen LogP contribution in [0.15, 0.2) is 89.8 Å². The Labute approximate surface area is 424 Å². The average molecular weight is 976 g/mol. The molecule has 1 aromatic heterocycles. The van der Waals surface area contributed by atoms with Gasteiger partial charge in [-0.3, -0.25) is 0 Å². The summed E-state index contributed by atoms with van der Waals surface area (Å²) in [6.45, 7) is 19.7. The monoisotopic (exact) mass is 976 g/mol. The van der Waals surface area contributed by atoms with Crippen LogP contribution in [0, 0.1) is 47.9 Å². The van der Waals surface area contributed by atoms with E-state index in [1.165, 1.54) is 45.4 Å². The topological polar surface area (TPSA) is 93.7 Å². The molecule has 0 bridgehead atoms. The van der Waals surface area contributed by atoms with Crippen molar-refractivity contribution in [1.29, 1.82) is 5.26 Å². The minimum atomic E-state index is -3.39. The first-order valence-corrected chi connectivity index (χ1v) is 25.6. The SMILES string of the molecule is C#C.C1CCCC1.CC.CC.CCCCC(CC)Cn1c2ccc(/C(=N\OC(C)=O)c3ccc(CCC(F)(F)C(C)F)cc3)cc2c2ccc3c(c21)C#CCC=C3.CCOC(/C=C\C(C)C=O)=C/CC#N. The van der Waals surface area contributed by atoms with Crippen molar-refractivity contribution in [2.24, 2.45) is 17.0 Å². The zero-order valence-electron chi connectivity index (χ0n) is 44.3. The second-order valence-corrected chi connectivity index (χ2v) is 16.7. The lowest BCUT2D eigenvalue weighted by Gasteiger charge is -2.18. The molecule has 1 heterocycles. The van der Waals surface area contributed by atoms with Crippen molar-refractivity contribution >= 4 is 45.8 Å². The van der Waals surface area contributed by atoms with Gasteiger partial charge in [0, 0.05) is 59.6 Å². The van der Waals surface area contributed by atoms with E-state index >= 15 is 0 Å². The second-order valence-electron chi connectivity index (χ2n) is 16.7. The van der Waals surface area contributed by atoms with E-state index in [1.807, 2.05) is 46.8 Å². The third kappa shape index (κ3) is 20.9. The Balaban J connectivity index is 0.000000833. The van der Waals surface area contributed by atoms with Gasteiger partial charge >= 0.3 is 5.97 Å². The van der Waals surface area contributed by atoms with Crippen LogP contribution in [0.3, 0.4) is 0 Å². The molecule has 384 valence electrons. The first kappa shape index (κ1) is 62.7. The fourth-order valence-electron chi connectivity index (χ4n) is 7.76. The number of oxime groups is 1. The van der Waals surface area contributed by atoms with Crippen molar-refractivity contribution < 1.29 is 32.3 Å². The van der Waals surface area contributed by atoms with Crippen LogP contribution in [0.25, 0.3) is 27.9 Å². The third-order valence-corrected chi connectivity index (χ3v) is 11.6. The molecule has 4 aromatic rings. The van der Waals surface area contributed by atoms with Crippen molar-refractivity contribution in [2.75, 3.05) is 6.61 Å². The highest BCUT2D eigenvalue weighted by molar-refractivity contribution is 6.17. The van der Waals surface area contributed by atoms with E-state index in [0.717, 1.165) is 77.5 Å². The molecule has 71 heavy (non-hydrogen) atoms. The van der Waals surface area contributed by atoms with Gasteiger partial charge in [-0.2, -0.15) is 5.26 Å². The number of rotatable bonds is 19. The maximum absolute atomic E-state index is 13.9. The quantitative estimate of drug-likeness (QED) is 0.0177. The van der Waals surface area contributed by atoms with E-state index < -0.39 is 24.5 Å². The zero-order valence-corrected chi connectivity index (χ0v) is 44.3. The van der Waals surface area contributed by atoms with Crippen molar-refractivity contribution in [2.45, 2.75) is 171 Å². The Hall–Kier alpha value is -6.31. The lowest BCUT2D eigenvalue weighted by molar-refractivity contribution is -0.140. The van der Waals surface area contributed by atoms with E-state index in [-0.39, 0.29) is 12.3 Å². The number of halogens is 3. The number of carbonyl (C=O) groups excluding carboxylic acids is 2. The summed E-state index contributed by atoms with van der Waals surface area (Å²) < 4.78 is 48.7. The molecule has 7 nitrogen and oxygen atoms in total. The van der Waals surface area contributed by atoms with E-state index in [2.05, 4.69) is 84.7 Å². The summed E-state index contributed by atoms with van der Waals surface area (Å²) in [5, 5.41) is 14.7. The van der Waals surface area contributed by atoms with Gasteiger partial charge in [-0.15, -0.1) is 12.8 Å². The lowest BCUT2D eigenvalue weighted by Crippen LogP contribution is -2.27. The van der Waals surface area contributed by atoms with Crippen LogP contribution >= 0.6 is 0 Å². The molecule has 0 N–H and O–H groups in total. The molecule has 1 saturated carbocycles. The van der Waals surface area contributed by atoms with E-state index in [0.29, 0.717) is 48.0 Å². The molecular weight excluding hydrogens is 896 g/mol. The molecule has 0 aliphatic heterocycles. The normalized spacial score (nSPS) is 13.9. The van der Waals surface area contributed by atoms with Crippen molar-refractivity contribution in [3.05, 3.63) is 112 Å². The molecule has 0 saturated heterocycles. The van der Waals surface area contributed by atoms with Crippen LogP contribution in [-0.2, 0) is 32.1 Å². The fraction of sp³-hybridized carbons (Fsp3) is 0.475. The standard InChI is InChI=1S/C39H41F3N2O2.C11H15NO2.C5H10.2C2H6.C2H2/c1-5-7-11-28(6-2)25-44-36-21-19-32(24-35(36)34-20-18-30-12-9-8-10-13-33(30)38(34)44)37(43-46-27(4)45)31-16-14-29(15-17-31)22-23-39(41,42)26(3)40;1-3-14-11(5-4-8-12)7-6-10(2)9-13;1-2-4-5-3-1;3*1-2/h9,12,14-21,24,26,28H,5-8,11,22-23,25H2,1-4H3;5-7,9-10H,3-4H2,1-2H3;1-5H2;2*1-2H3;1-2H/b43-37-;7-6-,11-5+;;;;. The summed E-state index contributed by atoms with van der Waals surface area (Å²) in [5.74, 6) is 3.85. The summed E-state index contributed by atoms with van der Waals surface area (Å²) in [6.07, 6.45) is 28.6. The van der Waals surface area contributed by atoms with Gasteiger partial charge in [0.2, 0.25) is 0 Å². The van der Waals surface area contributed by atoms with Gasteiger partial charge in [0.05, 0.1) is 30.2 Å². The Bertz CT molecular complexity index is 2450. The Kier molecular flexibility index (Phi) is 31.6. The van der Waals surface area contributed by atoms with Crippen molar-refractivity contribution in [1.82, 2.24) is 4.57 Å². The maximum atomic E-state index is 13.9. The highest BCUT2D eigenvalue weighted by Crippen LogP contribution is 2.36. The van der Waals surface area contributed by atoms with E-state index in [4.69, 9.17) is 14.8 Å². The number of nitriles is 1. The number of aryl methyl sites for hydroxylation is 1. The number of nitrogens with zero attached hydrogens (tertiary/aromatic N) is 3. The molecule has 2 aliphatic carbocycles. The zero-order chi connectivity index (χ0) is 53.2. The average Bonchev–Trinajstić information content (AvgIpc) is 4.02. The van der Waals surface area contributed by atoms with Gasteiger partial charge < -0.3 is 18.9 Å². The largest absolute Gasteiger partial charge is 0.494 e. The number of benzene rings is 3. The van der Waals surface area contributed by atoms with Crippen LogP contribution in [0.4, 0.5) is 13.2 Å². The minimum absolute atomic E-state index is 0.0306. The molecule has 6 rings (SSSR count). The highest BCUT2D eigenvalue weighted by Gasteiger charge is 2.36. The number of aldehydes is 1. The molecule has 3 aromatic carbocycles. The first-order chi connectivity index (χ1) is 34.4. The predicted octanol–water partition coefficient (Wildman–Crippen LogP) is 16.5. The Morgan fingerprint density at radius 3 is 2.17 bits per heavy atom. The molecule has 1 fully saturated rings. The van der Waals surface area contributed by atoms with Gasteiger partial charge in [0.25, 0.3) is 5.92 Å². The van der Waals surface area contributed by atoms with Crippen LogP contribution in [0.1, 0.15) is 174 Å². The van der Waals surface area contributed by atoms with Gasteiger partial charge in [-0.1, -0.05) is 178 Å². The number of hydrogen-bond acceptors (Lipinski definition) is 6. The van der Waals surface area contributed by atoms with Crippen LogP contribution < -0.4 is 0 Å². The molecule has 3 unspecified atom stereocenters. The van der Waals surface area contributed by atoms with Crippen LogP contribution in [0.2, 0.25) is 0 Å². The fourth-order valence-corrected chi connectivity index (χ4v) is 7.76. The summed E-state index contributed by atoms with van der Waals surface area (Å²) >= 11 is 0. The number of allylic oxidation sites excluding steroid dienone is 4. The maximum Gasteiger partial charge on any atom is 0.332 e. The summed E-state index contributed by atoms with van der Waals surface area (Å²) in [5.41, 5.74) is 6.87. The number of hydrogen-bond donors (Lipinski definition) is 0. The number of unbranched alkanes of at least 4 members (excludes halogenated alkanes) is 1. The number of ether oxygens (including phenoxy) is 1. The summed E-state index contributed by atoms with van der Waals surface area (Å²) in [4.78, 5) is 27.3. The van der Waals surface area contributed by atoms with Gasteiger partial charge in [-0.05, 0) is 68.0 Å². The number of terminal acetylenes is 1. The second kappa shape index (κ2) is 35.7. The van der Waals surface area contributed by atoms with Gasteiger partial charge in [0.1, 0.15) is 17.8 Å². The number of aromatic nitrogens is 1. The van der Waals surface area contributed by atoms with Crippen LogP contribution in [-0.4, -0.2) is 41.2 Å². The minimum Gasteiger partial charge on any atom is -0.494 e. The molecule has 0 amide bonds. The summed E-state index contributed by atoms with van der Waals surface area (Å²) in [7, 11) is 0. The predicted molar refractivity (Wildman–Crippen MR) is 291 cm³/mol. The molecule has 10 heteroatoms. The van der Waals surface area contributed by atoms with E-state index in [1.54, 1.807) is 49.4 Å². The first-order valence-electron chi connectivity index (χ1n) is 25.6. The molecule has 2 aliphatic rings. The highest BCUT2D eigenvalue weighted by atomic mass is 19.3. The lowest BCUT2D eigenvalue weighted by atomic mass is 9.97. The molecule has 0 radical (unpaired) electrons. The van der Waals surface area contributed by atoms with Crippen LogP contribution in [0.5, 0.6) is 0 Å². The molecule has 3 atom stereocenters. The Morgan fingerprint density at radius 2 is 1.61 bits per heavy atom. The smallest absolute Gasteiger partial charge is 0.332 e. The van der Waals surface area contributed by atoms with Crippen molar-refractivity contribution in [3.63, 3.8) is 0 Å². The molecule has 0 spiro atoms. The number of alkyl halides is 3. The molecular formula is C61H80F3N3O4. The van der Waals surface area contributed by atoms with E-state index in [9.17, 15) is 22.8 Å². The Morgan fingerprint density at radius 1 is 0.958 bits per heavy atom. The van der Waals surface area contributed by atoms with Gasteiger partial charge in [0.15, 0.2) is 6.17 Å². The summed E-state index contributed by atoms with van der Waals surface area (Å²) in [6, 6.07) is 19.4. The van der Waals surface area contributed by atoms with Gasteiger partial charge in [-0.25, -0.2) is 18.0 Å². The number of fused-ring (bicyclic) bond motifs is 5. The number of carbonyl (C=O) groups is 2. The third-order valence-electron chi connectivity index (χ3n) is 11.6.